The molecule has 0 amide bonds. The minimum absolute atomic E-state index is 0.342. The van der Waals surface area contributed by atoms with Gasteiger partial charge >= 0.3 is 5.97 Å². The minimum atomic E-state index is -0.353. The van der Waals surface area contributed by atoms with Crippen molar-refractivity contribution in [3.8, 4) is 0 Å². The summed E-state index contributed by atoms with van der Waals surface area (Å²) in [6.07, 6.45) is 1.62. The van der Waals surface area contributed by atoms with E-state index < -0.39 is 0 Å². The van der Waals surface area contributed by atoms with Crippen LogP contribution in [-0.4, -0.2) is 18.8 Å². The normalized spacial score (nSPS) is 10.7. The predicted molar refractivity (Wildman–Crippen MR) is 81.1 cm³/mol. The van der Waals surface area contributed by atoms with Crippen molar-refractivity contribution in [3.05, 3.63) is 64.7 Å². The van der Waals surface area contributed by atoms with Crippen molar-refractivity contribution < 1.29 is 9.53 Å². The third kappa shape index (κ3) is 3.45. The van der Waals surface area contributed by atoms with E-state index in [0.717, 1.165) is 0 Å². The van der Waals surface area contributed by atoms with Crippen molar-refractivity contribution >= 4 is 29.5 Å². The molecule has 102 valence electrons. The molecule has 2 aromatic carbocycles. The lowest BCUT2D eigenvalue weighted by Crippen LogP contribution is -2.07. The first-order chi connectivity index (χ1) is 9.72. The summed E-state index contributed by atoms with van der Waals surface area (Å²) in [7, 11) is 0. The molecule has 0 aromatic heterocycles. The Hall–Kier alpha value is -2.13. The van der Waals surface area contributed by atoms with Crippen LogP contribution in [0.1, 0.15) is 22.8 Å². The number of hydrogen-bond acceptors (Lipinski definition) is 3. The van der Waals surface area contributed by atoms with E-state index in [9.17, 15) is 4.79 Å². The van der Waals surface area contributed by atoms with Gasteiger partial charge in [-0.1, -0.05) is 41.9 Å². The number of esters is 1. The van der Waals surface area contributed by atoms with E-state index in [1.807, 2.05) is 30.3 Å². The molecule has 0 aliphatic carbocycles. The van der Waals surface area contributed by atoms with E-state index in [0.29, 0.717) is 28.4 Å². The zero-order chi connectivity index (χ0) is 14.4. The number of rotatable bonds is 4. The standard InChI is InChI=1S/C16H14ClNO2/c1-2-20-16(19)13-8-4-3-7-12(13)11-18-15-10-6-5-9-14(15)17/h3-11H,2H2,1H3. The quantitative estimate of drug-likeness (QED) is 0.622. The van der Waals surface area contributed by atoms with Gasteiger partial charge in [0.25, 0.3) is 0 Å². The summed E-state index contributed by atoms with van der Waals surface area (Å²) >= 11 is 6.04. The van der Waals surface area contributed by atoms with E-state index >= 15 is 0 Å². The Morgan fingerprint density at radius 2 is 1.90 bits per heavy atom. The van der Waals surface area contributed by atoms with Gasteiger partial charge in [-0.15, -0.1) is 0 Å². The SMILES string of the molecule is CCOC(=O)c1ccccc1C=Nc1ccccc1Cl. The molecule has 3 nitrogen and oxygen atoms in total. The molecular formula is C16H14ClNO2. The Morgan fingerprint density at radius 1 is 1.20 bits per heavy atom. The van der Waals surface area contributed by atoms with Crippen LogP contribution in [0.2, 0.25) is 5.02 Å². The first-order valence-electron chi connectivity index (χ1n) is 6.27. The lowest BCUT2D eigenvalue weighted by Gasteiger charge is -2.05. The number of benzene rings is 2. The van der Waals surface area contributed by atoms with Crippen LogP contribution in [0.25, 0.3) is 0 Å². The minimum Gasteiger partial charge on any atom is -0.462 e. The van der Waals surface area contributed by atoms with Crippen molar-refractivity contribution in [1.29, 1.82) is 0 Å². The second-order valence-corrected chi connectivity index (χ2v) is 4.42. The topological polar surface area (TPSA) is 38.7 Å². The lowest BCUT2D eigenvalue weighted by molar-refractivity contribution is 0.0526. The number of hydrogen-bond donors (Lipinski definition) is 0. The van der Waals surface area contributed by atoms with Crippen LogP contribution in [-0.2, 0) is 4.74 Å². The summed E-state index contributed by atoms with van der Waals surface area (Å²) in [5, 5.41) is 0.567. The van der Waals surface area contributed by atoms with Crippen molar-refractivity contribution in [1.82, 2.24) is 0 Å². The van der Waals surface area contributed by atoms with Gasteiger partial charge in [0.1, 0.15) is 0 Å². The number of halogens is 1. The van der Waals surface area contributed by atoms with Gasteiger partial charge in [0.15, 0.2) is 0 Å². The number of nitrogens with zero attached hydrogens (tertiary/aromatic N) is 1. The Labute approximate surface area is 122 Å². The molecule has 0 spiro atoms. The highest BCUT2D eigenvalue weighted by atomic mass is 35.5. The second kappa shape index (κ2) is 6.87. The Balaban J connectivity index is 2.30. The molecule has 0 unspecified atom stereocenters. The van der Waals surface area contributed by atoms with E-state index in [1.54, 1.807) is 31.3 Å². The van der Waals surface area contributed by atoms with Gasteiger partial charge in [0.2, 0.25) is 0 Å². The van der Waals surface area contributed by atoms with Crippen molar-refractivity contribution in [2.24, 2.45) is 4.99 Å². The van der Waals surface area contributed by atoms with Crippen LogP contribution in [0, 0.1) is 0 Å². The maximum Gasteiger partial charge on any atom is 0.338 e. The smallest absolute Gasteiger partial charge is 0.338 e. The highest BCUT2D eigenvalue weighted by Gasteiger charge is 2.10. The predicted octanol–water partition coefficient (Wildman–Crippen LogP) is 4.27. The molecule has 0 aliphatic rings. The van der Waals surface area contributed by atoms with E-state index in [-0.39, 0.29) is 5.97 Å². The zero-order valence-electron chi connectivity index (χ0n) is 11.0. The van der Waals surface area contributed by atoms with Gasteiger partial charge in [-0.25, -0.2) is 4.79 Å². The number of carbonyl (C=O) groups excluding carboxylic acids is 1. The fraction of sp³-hybridized carbons (Fsp3) is 0.125. The summed E-state index contributed by atoms with van der Waals surface area (Å²) < 4.78 is 5.02. The highest BCUT2D eigenvalue weighted by molar-refractivity contribution is 6.33. The highest BCUT2D eigenvalue weighted by Crippen LogP contribution is 2.23. The van der Waals surface area contributed by atoms with Crippen LogP contribution in [0.15, 0.2) is 53.5 Å². The van der Waals surface area contributed by atoms with Crippen LogP contribution in [0.3, 0.4) is 0 Å². The Bertz CT molecular complexity index is 638. The van der Waals surface area contributed by atoms with Gasteiger partial charge in [-0.05, 0) is 25.1 Å². The largest absolute Gasteiger partial charge is 0.462 e. The maximum atomic E-state index is 11.8. The first kappa shape index (κ1) is 14.3. The molecule has 20 heavy (non-hydrogen) atoms. The summed E-state index contributed by atoms with van der Waals surface area (Å²) in [6, 6.07) is 14.4. The molecule has 0 fully saturated rings. The Morgan fingerprint density at radius 3 is 2.65 bits per heavy atom. The number of ether oxygens (including phenoxy) is 1. The molecule has 0 bridgehead atoms. The molecule has 0 heterocycles. The van der Waals surface area contributed by atoms with Gasteiger partial charge in [-0.3, -0.25) is 4.99 Å². The third-order valence-electron chi connectivity index (χ3n) is 2.65. The first-order valence-corrected chi connectivity index (χ1v) is 6.65. The molecule has 2 aromatic rings. The summed E-state index contributed by atoms with van der Waals surface area (Å²) in [6.45, 7) is 2.12. The number of para-hydroxylation sites is 1. The molecule has 2 rings (SSSR count). The van der Waals surface area contributed by atoms with Crippen LogP contribution >= 0.6 is 11.6 Å². The number of aliphatic imine (C=N–C) groups is 1. The number of carbonyl (C=O) groups is 1. The third-order valence-corrected chi connectivity index (χ3v) is 2.97. The van der Waals surface area contributed by atoms with Crippen molar-refractivity contribution in [2.45, 2.75) is 6.92 Å². The van der Waals surface area contributed by atoms with Gasteiger partial charge in [-0.2, -0.15) is 0 Å². The van der Waals surface area contributed by atoms with Crippen molar-refractivity contribution in [3.63, 3.8) is 0 Å². The molecule has 0 aliphatic heterocycles. The average molecular weight is 288 g/mol. The van der Waals surface area contributed by atoms with Crippen LogP contribution < -0.4 is 0 Å². The van der Waals surface area contributed by atoms with Crippen LogP contribution in [0.5, 0.6) is 0 Å². The lowest BCUT2D eigenvalue weighted by atomic mass is 10.1. The molecule has 0 N–H and O–H groups in total. The molecule has 4 heteroatoms. The molecular weight excluding hydrogens is 274 g/mol. The van der Waals surface area contributed by atoms with E-state index in [4.69, 9.17) is 16.3 Å². The van der Waals surface area contributed by atoms with Crippen LogP contribution in [0.4, 0.5) is 5.69 Å². The van der Waals surface area contributed by atoms with Gasteiger partial charge in [0.05, 0.1) is 22.9 Å². The Kier molecular flexibility index (Phi) is 4.91. The summed E-state index contributed by atoms with van der Waals surface area (Å²) in [5.74, 6) is -0.353. The summed E-state index contributed by atoms with van der Waals surface area (Å²) in [5.41, 5.74) is 1.85. The molecule has 0 radical (unpaired) electrons. The van der Waals surface area contributed by atoms with Crippen molar-refractivity contribution in [2.75, 3.05) is 6.61 Å². The fourth-order valence-corrected chi connectivity index (χ4v) is 1.88. The molecule has 0 saturated heterocycles. The van der Waals surface area contributed by atoms with E-state index in [1.165, 1.54) is 0 Å². The van der Waals surface area contributed by atoms with E-state index in [2.05, 4.69) is 4.99 Å². The average Bonchev–Trinajstić information content (AvgIpc) is 2.47. The maximum absolute atomic E-state index is 11.8. The molecule has 0 atom stereocenters. The summed E-state index contributed by atoms with van der Waals surface area (Å²) in [4.78, 5) is 16.1. The second-order valence-electron chi connectivity index (χ2n) is 4.02. The monoisotopic (exact) mass is 287 g/mol. The van der Waals surface area contributed by atoms with Gasteiger partial charge < -0.3 is 4.74 Å². The zero-order valence-corrected chi connectivity index (χ0v) is 11.8. The fourth-order valence-electron chi connectivity index (χ4n) is 1.70. The molecule has 0 saturated carbocycles. The van der Waals surface area contributed by atoms with Gasteiger partial charge in [0, 0.05) is 11.8 Å².